The zero-order valence-electron chi connectivity index (χ0n) is 18.1. The van der Waals surface area contributed by atoms with Gasteiger partial charge in [-0.25, -0.2) is 0 Å². The van der Waals surface area contributed by atoms with Crippen LogP contribution in [-0.4, -0.2) is 40.9 Å². The molecule has 0 fully saturated rings. The summed E-state index contributed by atoms with van der Waals surface area (Å²) in [5.74, 6) is -0.912. The number of halogens is 1. The molecule has 1 N–H and O–H groups in total. The molecular weight excluding hydrogens is 434 g/mol. The van der Waals surface area contributed by atoms with Crippen LogP contribution in [0.3, 0.4) is 0 Å². The van der Waals surface area contributed by atoms with Crippen LogP contribution in [0.1, 0.15) is 31.4 Å². The third-order valence-electron chi connectivity index (χ3n) is 4.96. The molecule has 2 aromatic carbocycles. The van der Waals surface area contributed by atoms with E-state index < -0.39 is 16.7 Å². The fourth-order valence-electron chi connectivity index (χ4n) is 3.36. The van der Waals surface area contributed by atoms with E-state index in [-0.39, 0.29) is 29.6 Å². The first kappa shape index (κ1) is 23.4. The molecular formula is C23H24ClN3O5. The van der Waals surface area contributed by atoms with E-state index >= 15 is 0 Å². The van der Waals surface area contributed by atoms with Crippen molar-refractivity contribution in [3.05, 3.63) is 74.4 Å². The van der Waals surface area contributed by atoms with Crippen molar-refractivity contribution < 1.29 is 19.2 Å². The number of benzene rings is 2. The van der Waals surface area contributed by atoms with Crippen LogP contribution < -0.4 is 5.32 Å². The SMILES string of the molecule is Cc1cc(Cl)ccc1NC1=C(c2ccc([N+](=O)[O-])cc2)C(=O)N(CCCOC(C)C)C1=O. The Morgan fingerprint density at radius 3 is 2.41 bits per heavy atom. The molecule has 0 aromatic heterocycles. The third kappa shape index (κ3) is 5.15. The van der Waals surface area contributed by atoms with E-state index in [1.54, 1.807) is 18.2 Å². The van der Waals surface area contributed by atoms with Crippen LogP contribution in [-0.2, 0) is 14.3 Å². The monoisotopic (exact) mass is 457 g/mol. The molecule has 3 rings (SSSR count). The van der Waals surface area contributed by atoms with Crippen molar-refractivity contribution in [3.63, 3.8) is 0 Å². The van der Waals surface area contributed by atoms with Gasteiger partial charge in [0.2, 0.25) is 0 Å². The average molecular weight is 458 g/mol. The summed E-state index contributed by atoms with van der Waals surface area (Å²) < 4.78 is 5.51. The Hall–Kier alpha value is -3.23. The Labute approximate surface area is 191 Å². The second-order valence-electron chi connectivity index (χ2n) is 7.67. The molecule has 168 valence electrons. The molecule has 1 aliphatic rings. The summed E-state index contributed by atoms with van der Waals surface area (Å²) in [5.41, 5.74) is 2.05. The molecule has 8 nitrogen and oxygen atoms in total. The minimum Gasteiger partial charge on any atom is -0.379 e. The molecule has 0 unspecified atom stereocenters. The van der Waals surface area contributed by atoms with Crippen molar-refractivity contribution in [2.45, 2.75) is 33.3 Å². The van der Waals surface area contributed by atoms with E-state index in [1.165, 1.54) is 29.2 Å². The molecule has 0 spiro atoms. The number of carbonyl (C=O) groups is 2. The Morgan fingerprint density at radius 2 is 1.81 bits per heavy atom. The number of imide groups is 1. The van der Waals surface area contributed by atoms with E-state index in [2.05, 4.69) is 5.32 Å². The highest BCUT2D eigenvalue weighted by atomic mass is 35.5. The van der Waals surface area contributed by atoms with Gasteiger partial charge in [-0.15, -0.1) is 0 Å². The van der Waals surface area contributed by atoms with Gasteiger partial charge in [0.1, 0.15) is 5.70 Å². The molecule has 9 heteroatoms. The lowest BCUT2D eigenvalue weighted by Gasteiger charge is -2.16. The largest absolute Gasteiger partial charge is 0.379 e. The first-order valence-corrected chi connectivity index (χ1v) is 10.6. The molecule has 0 atom stereocenters. The second kappa shape index (κ2) is 9.93. The van der Waals surface area contributed by atoms with Gasteiger partial charge >= 0.3 is 0 Å². The van der Waals surface area contributed by atoms with Crippen molar-refractivity contribution in [2.75, 3.05) is 18.5 Å². The molecule has 1 heterocycles. The van der Waals surface area contributed by atoms with Crippen LogP contribution in [0.5, 0.6) is 0 Å². The van der Waals surface area contributed by atoms with Crippen molar-refractivity contribution >= 4 is 40.4 Å². The summed E-state index contributed by atoms with van der Waals surface area (Å²) >= 11 is 6.03. The highest BCUT2D eigenvalue weighted by Crippen LogP contribution is 2.32. The summed E-state index contributed by atoms with van der Waals surface area (Å²) in [5, 5.41) is 14.6. The number of aryl methyl sites for hydroxylation is 1. The number of anilines is 1. The average Bonchev–Trinajstić information content (AvgIpc) is 2.97. The topological polar surface area (TPSA) is 102 Å². The summed E-state index contributed by atoms with van der Waals surface area (Å²) in [6.45, 7) is 6.28. The first-order chi connectivity index (χ1) is 15.2. The minimum absolute atomic E-state index is 0.0545. The van der Waals surface area contributed by atoms with Crippen molar-refractivity contribution in [2.24, 2.45) is 0 Å². The van der Waals surface area contributed by atoms with Crippen molar-refractivity contribution in [3.8, 4) is 0 Å². The maximum absolute atomic E-state index is 13.2. The van der Waals surface area contributed by atoms with Gasteiger partial charge in [-0.05, 0) is 68.7 Å². The normalized spacial score (nSPS) is 14.0. The predicted octanol–water partition coefficient (Wildman–Crippen LogP) is 4.56. The standard InChI is InChI=1S/C23H24ClN3O5/c1-14(2)32-12-4-11-26-22(28)20(16-5-8-18(9-6-16)27(30)31)21(23(26)29)25-19-10-7-17(24)13-15(19)3/h5-10,13-14,25H,4,11-12H2,1-3H3. The second-order valence-corrected chi connectivity index (χ2v) is 8.11. The molecule has 2 amide bonds. The Balaban J connectivity index is 1.95. The number of ether oxygens (including phenoxy) is 1. The molecule has 0 aliphatic carbocycles. The number of hydrogen-bond donors (Lipinski definition) is 1. The van der Waals surface area contributed by atoms with Gasteiger partial charge in [0.25, 0.3) is 17.5 Å². The Bertz CT molecular complexity index is 1080. The molecule has 2 aromatic rings. The number of nitrogens with one attached hydrogen (secondary N) is 1. The molecule has 0 radical (unpaired) electrons. The summed E-state index contributed by atoms with van der Waals surface area (Å²) in [6.07, 6.45) is 0.551. The van der Waals surface area contributed by atoms with Crippen LogP contribution in [0, 0.1) is 17.0 Å². The number of amides is 2. The summed E-state index contributed by atoms with van der Waals surface area (Å²) in [7, 11) is 0. The zero-order chi connectivity index (χ0) is 23.4. The quantitative estimate of drug-likeness (QED) is 0.256. The van der Waals surface area contributed by atoms with E-state index in [1.807, 2.05) is 20.8 Å². The molecule has 32 heavy (non-hydrogen) atoms. The maximum Gasteiger partial charge on any atom is 0.278 e. The van der Waals surface area contributed by atoms with Crippen molar-refractivity contribution in [1.82, 2.24) is 4.90 Å². The molecule has 0 bridgehead atoms. The van der Waals surface area contributed by atoms with Crippen LogP contribution in [0.25, 0.3) is 5.57 Å². The highest BCUT2D eigenvalue weighted by Gasteiger charge is 2.39. The van der Waals surface area contributed by atoms with Gasteiger partial charge < -0.3 is 10.1 Å². The van der Waals surface area contributed by atoms with Crippen LogP contribution in [0.2, 0.25) is 5.02 Å². The van der Waals surface area contributed by atoms with Crippen LogP contribution in [0.15, 0.2) is 48.2 Å². The van der Waals surface area contributed by atoms with Gasteiger partial charge in [-0.2, -0.15) is 0 Å². The Morgan fingerprint density at radius 1 is 1.12 bits per heavy atom. The van der Waals surface area contributed by atoms with Gasteiger partial charge in [0.15, 0.2) is 0 Å². The fourth-order valence-corrected chi connectivity index (χ4v) is 3.58. The number of nitrogens with zero attached hydrogens (tertiary/aromatic N) is 2. The van der Waals surface area contributed by atoms with Crippen molar-refractivity contribution in [1.29, 1.82) is 0 Å². The summed E-state index contributed by atoms with van der Waals surface area (Å²) in [4.78, 5) is 38.1. The van der Waals surface area contributed by atoms with Crippen LogP contribution >= 0.6 is 11.6 Å². The van der Waals surface area contributed by atoms with E-state index in [0.29, 0.717) is 29.3 Å². The van der Waals surface area contributed by atoms with E-state index in [9.17, 15) is 19.7 Å². The molecule has 1 aliphatic heterocycles. The van der Waals surface area contributed by atoms with Crippen LogP contribution in [0.4, 0.5) is 11.4 Å². The van der Waals surface area contributed by atoms with Gasteiger partial charge in [-0.3, -0.25) is 24.6 Å². The highest BCUT2D eigenvalue weighted by molar-refractivity contribution is 6.36. The van der Waals surface area contributed by atoms with Gasteiger partial charge in [0, 0.05) is 36.0 Å². The smallest absolute Gasteiger partial charge is 0.278 e. The lowest BCUT2D eigenvalue weighted by atomic mass is 10.0. The van der Waals surface area contributed by atoms with E-state index in [4.69, 9.17) is 16.3 Å². The van der Waals surface area contributed by atoms with Gasteiger partial charge in [-0.1, -0.05) is 11.6 Å². The minimum atomic E-state index is -0.517. The zero-order valence-corrected chi connectivity index (χ0v) is 18.8. The Kier molecular flexibility index (Phi) is 7.27. The fraction of sp³-hybridized carbons (Fsp3) is 0.304. The number of nitro benzene ring substituents is 1. The summed E-state index contributed by atoms with van der Waals surface area (Å²) in [6, 6.07) is 10.7. The predicted molar refractivity (Wildman–Crippen MR) is 122 cm³/mol. The lowest BCUT2D eigenvalue weighted by Crippen LogP contribution is -2.34. The first-order valence-electron chi connectivity index (χ1n) is 10.2. The maximum atomic E-state index is 13.2. The third-order valence-corrected chi connectivity index (χ3v) is 5.20. The number of hydrogen-bond acceptors (Lipinski definition) is 6. The number of non-ortho nitro benzene ring substituents is 1. The van der Waals surface area contributed by atoms with E-state index in [0.717, 1.165) is 5.56 Å². The lowest BCUT2D eigenvalue weighted by molar-refractivity contribution is -0.384. The number of carbonyl (C=O) groups excluding carboxylic acids is 2. The molecule has 0 saturated heterocycles. The number of rotatable bonds is 9. The molecule has 0 saturated carbocycles. The number of nitro groups is 1. The van der Waals surface area contributed by atoms with Gasteiger partial charge in [0.05, 0.1) is 16.6 Å².